The molecule has 5 N–H and O–H groups in total. The Balaban J connectivity index is 2.09. The van der Waals surface area contributed by atoms with Crippen molar-refractivity contribution < 1.29 is 24.9 Å². The van der Waals surface area contributed by atoms with Crippen LogP contribution in [0, 0.1) is 0 Å². The van der Waals surface area contributed by atoms with E-state index in [1.807, 2.05) is 6.92 Å². The molecule has 0 bridgehead atoms. The van der Waals surface area contributed by atoms with E-state index in [1.54, 1.807) is 13.2 Å². The number of hydrogen-bond donors (Lipinski definition) is 5. The number of carbonyl (C=O) groups excluding carboxylic acids is 1. The van der Waals surface area contributed by atoms with E-state index < -0.39 is 41.3 Å². The number of aliphatic hydroxyl groups excluding tert-OH is 3. The molecule has 27 heavy (non-hydrogen) atoms. The Hall–Kier alpha value is -0.350. The highest BCUT2D eigenvalue weighted by Gasteiger charge is 2.48. The predicted molar refractivity (Wildman–Crippen MR) is 107 cm³/mol. The van der Waals surface area contributed by atoms with Gasteiger partial charge >= 0.3 is 0 Å². The largest absolute Gasteiger partial charge is 0.388 e. The smallest absolute Gasteiger partial charge is 0.237 e. The Morgan fingerprint density at radius 2 is 2.04 bits per heavy atom. The summed E-state index contributed by atoms with van der Waals surface area (Å²) in [7, 11) is 0. The number of allylic oxidation sites excluding steroid dienone is 1. The van der Waals surface area contributed by atoms with Crippen molar-refractivity contribution in [3.63, 3.8) is 0 Å². The van der Waals surface area contributed by atoms with Crippen molar-refractivity contribution in [1.82, 2.24) is 10.6 Å². The van der Waals surface area contributed by atoms with Gasteiger partial charge in [-0.05, 0) is 45.9 Å². The summed E-state index contributed by atoms with van der Waals surface area (Å²) in [6.45, 7) is 4.43. The van der Waals surface area contributed by atoms with E-state index in [-0.39, 0.29) is 11.9 Å². The second kappa shape index (κ2) is 10.4. The molecule has 0 aromatic rings. The van der Waals surface area contributed by atoms with Gasteiger partial charge in [-0.15, -0.1) is 23.4 Å². The second-order valence-electron chi connectivity index (χ2n) is 7.13. The van der Waals surface area contributed by atoms with Crippen LogP contribution < -0.4 is 10.6 Å². The Labute approximate surface area is 169 Å². The molecule has 2 rings (SSSR count). The van der Waals surface area contributed by atoms with Crippen LogP contribution in [0.1, 0.15) is 33.1 Å². The third kappa shape index (κ3) is 5.59. The molecule has 9 heteroatoms. The first-order valence-electron chi connectivity index (χ1n) is 9.34. The first-order valence-corrected chi connectivity index (χ1v) is 11.1. The van der Waals surface area contributed by atoms with Crippen LogP contribution in [0.25, 0.3) is 0 Å². The minimum Gasteiger partial charge on any atom is -0.388 e. The van der Waals surface area contributed by atoms with Gasteiger partial charge in [-0.25, -0.2) is 0 Å². The molecule has 0 aliphatic carbocycles. The summed E-state index contributed by atoms with van der Waals surface area (Å²) in [4.78, 5) is 12.8. The molecule has 8 atom stereocenters. The highest BCUT2D eigenvalue weighted by Crippen LogP contribution is 2.30. The summed E-state index contributed by atoms with van der Waals surface area (Å²) in [6.07, 6.45) is 1.41. The normalized spacial score (nSPS) is 38.9. The lowest BCUT2D eigenvalue weighted by atomic mass is 9.93. The summed E-state index contributed by atoms with van der Waals surface area (Å²) in [6, 6.07) is -1.06. The average Bonchev–Trinajstić information content (AvgIpc) is 2.90. The van der Waals surface area contributed by atoms with Crippen LogP contribution in [-0.4, -0.2) is 81.3 Å². The molecule has 0 aromatic carbocycles. The van der Waals surface area contributed by atoms with Gasteiger partial charge in [-0.3, -0.25) is 4.79 Å². The van der Waals surface area contributed by atoms with E-state index in [0.29, 0.717) is 6.42 Å². The Morgan fingerprint density at radius 1 is 1.33 bits per heavy atom. The van der Waals surface area contributed by atoms with Gasteiger partial charge in [-0.2, -0.15) is 0 Å². The molecule has 2 aliphatic heterocycles. The van der Waals surface area contributed by atoms with Gasteiger partial charge in [-0.1, -0.05) is 11.6 Å². The maximum Gasteiger partial charge on any atom is 0.237 e. The molecule has 2 fully saturated rings. The summed E-state index contributed by atoms with van der Waals surface area (Å²) in [5.74, 6) is -0.207. The van der Waals surface area contributed by atoms with Gasteiger partial charge in [0, 0.05) is 0 Å². The summed E-state index contributed by atoms with van der Waals surface area (Å²) in [5.41, 5.74) is 0.613. The van der Waals surface area contributed by atoms with Gasteiger partial charge in [0.25, 0.3) is 0 Å². The Bertz CT molecular complexity index is 534. The lowest BCUT2D eigenvalue weighted by Gasteiger charge is -2.44. The van der Waals surface area contributed by atoms with Gasteiger partial charge in [0.15, 0.2) is 0 Å². The molecule has 3 unspecified atom stereocenters. The number of amides is 1. The fourth-order valence-corrected chi connectivity index (χ4v) is 4.45. The molecule has 0 saturated carbocycles. The number of thioether (sulfide) groups is 1. The molecule has 1 amide bonds. The third-order valence-corrected chi connectivity index (χ3v) is 6.44. The minimum absolute atomic E-state index is 0.207. The quantitative estimate of drug-likeness (QED) is 0.321. The van der Waals surface area contributed by atoms with Gasteiger partial charge in [0.2, 0.25) is 5.91 Å². The molecule has 0 aromatic heterocycles. The van der Waals surface area contributed by atoms with Crippen LogP contribution in [0.5, 0.6) is 0 Å². The van der Waals surface area contributed by atoms with E-state index in [0.717, 1.165) is 19.4 Å². The zero-order valence-electron chi connectivity index (χ0n) is 16.0. The van der Waals surface area contributed by atoms with E-state index in [1.165, 1.54) is 17.3 Å². The highest BCUT2D eigenvalue weighted by atomic mass is 35.5. The molecular weight excluding hydrogens is 392 g/mol. The molecular formula is C18H31ClN2O5S. The first kappa shape index (κ1) is 22.9. The topological polar surface area (TPSA) is 111 Å². The Kier molecular flexibility index (Phi) is 8.86. The molecule has 0 spiro atoms. The van der Waals surface area contributed by atoms with Crippen LogP contribution in [0.15, 0.2) is 11.6 Å². The number of aliphatic hydroxyl groups is 3. The molecule has 7 nitrogen and oxygen atoms in total. The van der Waals surface area contributed by atoms with Crippen molar-refractivity contribution in [3.05, 3.63) is 11.6 Å². The summed E-state index contributed by atoms with van der Waals surface area (Å²) >= 11 is 7.52. The van der Waals surface area contributed by atoms with Crippen LogP contribution in [0.3, 0.4) is 0 Å². The molecule has 0 radical (unpaired) electrons. The fraction of sp³-hybridized carbons (Fsp3) is 0.833. The van der Waals surface area contributed by atoms with E-state index in [9.17, 15) is 20.1 Å². The fourth-order valence-electron chi connectivity index (χ4n) is 3.56. The maximum absolute atomic E-state index is 12.8. The van der Waals surface area contributed by atoms with Crippen LogP contribution in [0.2, 0.25) is 0 Å². The zero-order chi connectivity index (χ0) is 20.1. The standard InChI is InChI=1S/C18H31ClN2O5S/c1-4-10-5-6-11(20-8-7-10)17(25)21-12(9(2)19)16-14(23)13(22)15(24)18(26-16)27-3/h4,9,11-16,18,20,22-24H,5-8H2,1-3H3,(H,21,25)/b10-4+/t9-,11-,12+,13?,14?,15+,16+,18?/m0/s1. The number of hydrogen-bond acceptors (Lipinski definition) is 7. The maximum atomic E-state index is 12.8. The van der Waals surface area contributed by atoms with Crippen molar-refractivity contribution in [2.45, 2.75) is 80.4 Å². The number of alkyl halides is 1. The monoisotopic (exact) mass is 422 g/mol. The van der Waals surface area contributed by atoms with Gasteiger partial charge in [0.1, 0.15) is 29.9 Å². The number of nitrogens with one attached hydrogen (secondary N) is 2. The highest BCUT2D eigenvalue weighted by molar-refractivity contribution is 7.99. The number of halogens is 1. The molecule has 2 heterocycles. The molecule has 2 aliphatic rings. The SMILES string of the molecule is C/C=C1/CCN[C@H](C(=O)N[C@H]([C@H](C)Cl)[C@H]2OC(SC)[C@H](O)C(O)C2O)CC1. The number of ether oxygens (including phenoxy) is 1. The van der Waals surface area contributed by atoms with Crippen molar-refractivity contribution in [3.8, 4) is 0 Å². The van der Waals surface area contributed by atoms with Gasteiger partial charge < -0.3 is 30.7 Å². The van der Waals surface area contributed by atoms with Crippen molar-refractivity contribution in [2.75, 3.05) is 12.8 Å². The van der Waals surface area contributed by atoms with E-state index in [2.05, 4.69) is 16.7 Å². The van der Waals surface area contributed by atoms with Crippen molar-refractivity contribution in [1.29, 1.82) is 0 Å². The van der Waals surface area contributed by atoms with Crippen molar-refractivity contribution in [2.24, 2.45) is 0 Å². The minimum atomic E-state index is -1.37. The van der Waals surface area contributed by atoms with Gasteiger partial charge in [0.05, 0.1) is 17.5 Å². The molecule has 156 valence electrons. The van der Waals surface area contributed by atoms with Crippen LogP contribution >= 0.6 is 23.4 Å². The molecule has 2 saturated heterocycles. The lowest BCUT2D eigenvalue weighted by molar-refractivity contribution is -0.205. The van der Waals surface area contributed by atoms with E-state index in [4.69, 9.17) is 16.3 Å². The number of carbonyl (C=O) groups is 1. The Morgan fingerprint density at radius 3 is 2.63 bits per heavy atom. The lowest BCUT2D eigenvalue weighted by Crippen LogP contribution is -2.65. The summed E-state index contributed by atoms with van der Waals surface area (Å²) in [5, 5.41) is 36.2. The average molecular weight is 423 g/mol. The summed E-state index contributed by atoms with van der Waals surface area (Å²) < 4.78 is 5.78. The third-order valence-electron chi connectivity index (χ3n) is 5.31. The van der Waals surface area contributed by atoms with E-state index >= 15 is 0 Å². The second-order valence-corrected chi connectivity index (χ2v) is 8.76. The van der Waals surface area contributed by atoms with Crippen LogP contribution in [0.4, 0.5) is 0 Å². The van der Waals surface area contributed by atoms with Crippen molar-refractivity contribution >= 4 is 29.3 Å². The predicted octanol–water partition coefficient (Wildman–Crippen LogP) is 0.357. The zero-order valence-corrected chi connectivity index (χ0v) is 17.5. The van der Waals surface area contributed by atoms with Crippen LogP contribution in [-0.2, 0) is 9.53 Å². The number of rotatable bonds is 5. The first-order chi connectivity index (χ1) is 12.8.